The Morgan fingerprint density at radius 1 is 1.28 bits per heavy atom. The van der Waals surface area contributed by atoms with Crippen molar-refractivity contribution in [2.24, 2.45) is 12.0 Å². The van der Waals surface area contributed by atoms with Crippen LogP contribution in [-0.4, -0.2) is 40.4 Å². The monoisotopic (exact) mass is 454 g/mol. The molecule has 0 unspecified atom stereocenters. The second-order valence-corrected chi connectivity index (χ2v) is 7.58. The van der Waals surface area contributed by atoms with Gasteiger partial charge in [0.05, 0.1) is 29.1 Å². The summed E-state index contributed by atoms with van der Waals surface area (Å²) in [4.78, 5) is 20.3. The van der Waals surface area contributed by atoms with Gasteiger partial charge in [0, 0.05) is 44.2 Å². The Bertz CT molecular complexity index is 1070. The molecule has 0 saturated carbocycles. The van der Waals surface area contributed by atoms with Gasteiger partial charge in [-0.1, -0.05) is 31.5 Å². The van der Waals surface area contributed by atoms with E-state index in [2.05, 4.69) is 15.1 Å². The first kappa shape index (κ1) is 25.3. The van der Waals surface area contributed by atoms with Crippen molar-refractivity contribution in [3.05, 3.63) is 64.1 Å². The molecule has 0 aliphatic rings. The summed E-state index contributed by atoms with van der Waals surface area (Å²) >= 11 is 6.57. The predicted octanol–water partition coefficient (Wildman–Crippen LogP) is 5.73. The molecule has 0 aliphatic carbocycles. The van der Waals surface area contributed by atoms with Gasteiger partial charge in [-0.25, -0.2) is 0 Å². The predicted molar refractivity (Wildman–Crippen MR) is 131 cm³/mol. The Morgan fingerprint density at radius 2 is 2.03 bits per heavy atom. The van der Waals surface area contributed by atoms with E-state index in [4.69, 9.17) is 16.3 Å². The fraction of sp³-hybridized carbons (Fsp3) is 0.360. The van der Waals surface area contributed by atoms with Gasteiger partial charge in [0.25, 0.3) is 0 Å². The first-order valence-electron chi connectivity index (χ1n) is 10.7. The first-order chi connectivity index (χ1) is 15.4. The Hall–Kier alpha value is -2.99. The fourth-order valence-corrected chi connectivity index (χ4v) is 3.39. The molecule has 2 heterocycles. The van der Waals surface area contributed by atoms with E-state index in [0.29, 0.717) is 35.8 Å². The third-order valence-corrected chi connectivity index (χ3v) is 5.50. The zero-order valence-corrected chi connectivity index (χ0v) is 20.4. The number of aldehydes is 1. The third-order valence-electron chi connectivity index (χ3n) is 5.04. The Balaban J connectivity index is 0.00000176. The second kappa shape index (κ2) is 12.2. The number of carbonyl (C=O) groups excluding carboxylic acids is 1. The van der Waals surface area contributed by atoms with E-state index < -0.39 is 0 Å². The number of carbonyl (C=O) groups is 1. The molecule has 0 spiro atoms. The number of nitrogens with zero attached hydrogens (tertiary/aromatic N) is 4. The molecule has 0 fully saturated rings. The SMILES string of the molecule is CC.CN=C(C)CCOc1c(C=O)cc(Cc2ccc(-c3cnn(C)c3)nc2)c(C)c1Cl. The van der Waals surface area contributed by atoms with Gasteiger partial charge in [0.2, 0.25) is 0 Å². The van der Waals surface area contributed by atoms with Crippen LogP contribution in [0.4, 0.5) is 0 Å². The van der Waals surface area contributed by atoms with Crippen LogP contribution in [0.25, 0.3) is 11.3 Å². The molecule has 0 aliphatic heterocycles. The van der Waals surface area contributed by atoms with Crippen molar-refractivity contribution in [2.45, 2.75) is 40.5 Å². The lowest BCUT2D eigenvalue weighted by molar-refractivity contribution is 0.111. The van der Waals surface area contributed by atoms with Crippen LogP contribution in [0.1, 0.15) is 54.2 Å². The van der Waals surface area contributed by atoms with Gasteiger partial charge in [-0.05, 0) is 49.1 Å². The number of aromatic nitrogens is 3. The molecule has 7 heteroatoms. The maximum Gasteiger partial charge on any atom is 0.153 e. The van der Waals surface area contributed by atoms with Crippen LogP contribution in [0.3, 0.4) is 0 Å². The van der Waals surface area contributed by atoms with Crippen LogP contribution >= 0.6 is 11.6 Å². The Kier molecular flexibility index (Phi) is 9.60. The average molecular weight is 455 g/mol. The zero-order valence-electron chi connectivity index (χ0n) is 19.6. The van der Waals surface area contributed by atoms with Crippen molar-refractivity contribution in [1.29, 1.82) is 0 Å². The van der Waals surface area contributed by atoms with E-state index in [1.807, 2.05) is 65.3 Å². The van der Waals surface area contributed by atoms with Crippen molar-refractivity contribution in [1.82, 2.24) is 14.8 Å². The molecule has 170 valence electrons. The fourth-order valence-electron chi connectivity index (χ4n) is 3.10. The van der Waals surface area contributed by atoms with Crippen molar-refractivity contribution in [2.75, 3.05) is 13.7 Å². The molecule has 0 saturated heterocycles. The Morgan fingerprint density at radius 3 is 2.59 bits per heavy atom. The number of aliphatic imine (C=N–C) groups is 1. The molecule has 32 heavy (non-hydrogen) atoms. The van der Waals surface area contributed by atoms with Gasteiger partial charge >= 0.3 is 0 Å². The summed E-state index contributed by atoms with van der Waals surface area (Å²) in [6.45, 7) is 8.30. The van der Waals surface area contributed by atoms with Crippen molar-refractivity contribution >= 4 is 23.6 Å². The lowest BCUT2D eigenvalue weighted by Gasteiger charge is -2.16. The molecule has 0 atom stereocenters. The second-order valence-electron chi connectivity index (χ2n) is 7.20. The first-order valence-corrected chi connectivity index (χ1v) is 11.1. The molecule has 2 aromatic heterocycles. The minimum absolute atomic E-state index is 0.419. The van der Waals surface area contributed by atoms with Crippen LogP contribution in [0.15, 0.2) is 41.8 Å². The number of aryl methyl sites for hydroxylation is 1. The number of rotatable bonds is 8. The summed E-state index contributed by atoms with van der Waals surface area (Å²) in [6.07, 6.45) is 7.64. The minimum Gasteiger partial charge on any atom is -0.491 e. The molecule has 1 aromatic carbocycles. The average Bonchev–Trinajstić information content (AvgIpc) is 3.26. The van der Waals surface area contributed by atoms with Gasteiger partial charge < -0.3 is 4.74 Å². The zero-order chi connectivity index (χ0) is 23.7. The van der Waals surface area contributed by atoms with E-state index in [-0.39, 0.29) is 0 Å². The number of halogens is 1. The topological polar surface area (TPSA) is 69.4 Å². The van der Waals surface area contributed by atoms with E-state index in [9.17, 15) is 4.79 Å². The molecular weight excluding hydrogens is 424 g/mol. The normalized spacial score (nSPS) is 11.0. The lowest BCUT2D eigenvalue weighted by atomic mass is 9.98. The largest absolute Gasteiger partial charge is 0.491 e. The van der Waals surface area contributed by atoms with Gasteiger partial charge in [-0.2, -0.15) is 5.10 Å². The van der Waals surface area contributed by atoms with Crippen LogP contribution in [0.2, 0.25) is 5.02 Å². The van der Waals surface area contributed by atoms with E-state index in [1.165, 1.54) is 0 Å². The summed E-state index contributed by atoms with van der Waals surface area (Å²) in [5, 5.41) is 4.65. The maximum atomic E-state index is 11.7. The highest BCUT2D eigenvalue weighted by Gasteiger charge is 2.16. The van der Waals surface area contributed by atoms with Gasteiger partial charge in [0.15, 0.2) is 6.29 Å². The summed E-state index contributed by atoms with van der Waals surface area (Å²) in [6, 6.07) is 5.85. The third kappa shape index (κ3) is 6.26. The molecular formula is C25H31ClN4O2. The standard InChI is InChI=1S/C23H25ClN4O2.C2H6/c1-15(25-3)7-8-30-23-19(14-29)10-18(16(2)22(23)24)9-17-5-6-21(26-11-17)20-12-27-28(4)13-20;1-2/h5-6,10-14H,7-9H2,1-4H3;1-2H3. The van der Waals surface area contributed by atoms with Gasteiger partial charge in [-0.15, -0.1) is 0 Å². The van der Waals surface area contributed by atoms with E-state index in [0.717, 1.165) is 39.9 Å². The van der Waals surface area contributed by atoms with Crippen molar-refractivity contribution in [3.8, 4) is 17.0 Å². The molecule has 0 amide bonds. The maximum absolute atomic E-state index is 11.7. The highest BCUT2D eigenvalue weighted by atomic mass is 35.5. The summed E-state index contributed by atoms with van der Waals surface area (Å²) in [5.74, 6) is 0.432. The highest BCUT2D eigenvalue weighted by molar-refractivity contribution is 6.33. The molecule has 3 aromatic rings. The Labute approximate surface area is 195 Å². The minimum atomic E-state index is 0.419. The number of hydrogen-bond acceptors (Lipinski definition) is 5. The molecule has 3 rings (SSSR count). The quantitative estimate of drug-likeness (QED) is 0.321. The van der Waals surface area contributed by atoms with Crippen LogP contribution in [-0.2, 0) is 13.5 Å². The number of pyridine rings is 1. The lowest BCUT2D eigenvalue weighted by Crippen LogP contribution is -2.07. The molecule has 6 nitrogen and oxygen atoms in total. The summed E-state index contributed by atoms with van der Waals surface area (Å²) in [7, 11) is 3.62. The number of benzene rings is 1. The van der Waals surface area contributed by atoms with Crippen LogP contribution in [0.5, 0.6) is 5.75 Å². The van der Waals surface area contributed by atoms with Crippen molar-refractivity contribution in [3.63, 3.8) is 0 Å². The smallest absolute Gasteiger partial charge is 0.153 e. The van der Waals surface area contributed by atoms with Crippen LogP contribution < -0.4 is 4.74 Å². The van der Waals surface area contributed by atoms with E-state index >= 15 is 0 Å². The highest BCUT2D eigenvalue weighted by Crippen LogP contribution is 2.35. The van der Waals surface area contributed by atoms with Crippen molar-refractivity contribution < 1.29 is 9.53 Å². The molecule has 0 radical (unpaired) electrons. The molecule has 0 N–H and O–H groups in total. The number of ether oxygens (including phenoxy) is 1. The summed E-state index contributed by atoms with van der Waals surface area (Å²) in [5.41, 5.74) is 6.16. The van der Waals surface area contributed by atoms with Crippen LogP contribution in [0, 0.1) is 6.92 Å². The van der Waals surface area contributed by atoms with Gasteiger partial charge in [-0.3, -0.25) is 19.5 Å². The summed E-state index contributed by atoms with van der Waals surface area (Å²) < 4.78 is 7.57. The van der Waals surface area contributed by atoms with E-state index in [1.54, 1.807) is 17.9 Å². The molecule has 0 bridgehead atoms. The number of hydrogen-bond donors (Lipinski definition) is 0. The van der Waals surface area contributed by atoms with Gasteiger partial charge in [0.1, 0.15) is 5.75 Å².